The first-order valence-corrected chi connectivity index (χ1v) is 6.75. The maximum Gasteiger partial charge on any atom is 0.129 e. The van der Waals surface area contributed by atoms with Gasteiger partial charge in [-0.25, -0.2) is 4.39 Å². The van der Waals surface area contributed by atoms with Crippen LogP contribution in [0.3, 0.4) is 0 Å². The molecule has 0 bridgehead atoms. The molecule has 0 radical (unpaired) electrons. The number of hydrogen-bond donors (Lipinski definition) is 1. The topological polar surface area (TPSA) is 21.3 Å². The average molecular weight is 251 g/mol. The van der Waals surface area contributed by atoms with Crippen molar-refractivity contribution in [3.05, 3.63) is 34.6 Å². The molecule has 0 spiro atoms. The molecule has 1 aromatic rings. The molecule has 3 heteroatoms. The van der Waals surface area contributed by atoms with Crippen molar-refractivity contribution >= 4 is 0 Å². The zero-order chi connectivity index (χ0) is 13.0. The van der Waals surface area contributed by atoms with Gasteiger partial charge in [0, 0.05) is 13.2 Å². The van der Waals surface area contributed by atoms with E-state index < -0.39 is 0 Å². The third-order valence-corrected chi connectivity index (χ3v) is 3.49. The summed E-state index contributed by atoms with van der Waals surface area (Å²) in [4.78, 5) is 0. The number of halogens is 1. The Hall–Kier alpha value is -0.930. The molecule has 100 valence electrons. The molecule has 1 aromatic carbocycles. The van der Waals surface area contributed by atoms with Crippen molar-refractivity contribution in [2.75, 3.05) is 13.2 Å². The highest BCUT2D eigenvalue weighted by Gasteiger charge is 2.14. The molecule has 0 amide bonds. The van der Waals surface area contributed by atoms with Crippen LogP contribution in [0.15, 0.2) is 12.1 Å². The van der Waals surface area contributed by atoms with Gasteiger partial charge >= 0.3 is 0 Å². The van der Waals surface area contributed by atoms with E-state index in [1.807, 2.05) is 26.0 Å². The Balaban J connectivity index is 1.76. The fraction of sp³-hybridized carbons (Fsp3) is 0.600. The maximum atomic E-state index is 13.5. The minimum absolute atomic E-state index is 0.0851. The Morgan fingerprint density at radius 3 is 2.67 bits per heavy atom. The standard InChI is InChI=1S/C15H22FNO/c1-11-8-13(9-12(2)15(11)16)10-17-6-5-14-4-3-7-18-14/h8-9,14,17H,3-7,10H2,1-2H3. The normalized spacial score (nSPS) is 19.4. The van der Waals surface area contributed by atoms with E-state index in [1.165, 1.54) is 12.8 Å². The van der Waals surface area contributed by atoms with Crippen LogP contribution in [-0.2, 0) is 11.3 Å². The van der Waals surface area contributed by atoms with Gasteiger partial charge < -0.3 is 10.1 Å². The molecule has 0 saturated carbocycles. The van der Waals surface area contributed by atoms with Gasteiger partial charge in [-0.1, -0.05) is 12.1 Å². The predicted octanol–water partition coefficient (Wildman–Crippen LogP) is 3.10. The van der Waals surface area contributed by atoms with Crippen LogP contribution < -0.4 is 5.32 Å². The molecule has 0 aromatic heterocycles. The smallest absolute Gasteiger partial charge is 0.129 e. The van der Waals surface area contributed by atoms with Gasteiger partial charge in [-0.2, -0.15) is 0 Å². The lowest BCUT2D eigenvalue weighted by Gasteiger charge is -2.11. The highest BCUT2D eigenvalue weighted by Crippen LogP contribution is 2.16. The van der Waals surface area contributed by atoms with Crippen LogP contribution in [-0.4, -0.2) is 19.3 Å². The summed E-state index contributed by atoms with van der Waals surface area (Å²) >= 11 is 0. The summed E-state index contributed by atoms with van der Waals surface area (Å²) in [6.07, 6.45) is 3.89. The number of benzene rings is 1. The first kappa shape index (κ1) is 13.5. The molecule has 1 unspecified atom stereocenters. The van der Waals surface area contributed by atoms with Crippen molar-refractivity contribution in [2.45, 2.75) is 45.8 Å². The monoisotopic (exact) mass is 251 g/mol. The Morgan fingerprint density at radius 2 is 2.06 bits per heavy atom. The molecule has 2 rings (SSSR count). The lowest BCUT2D eigenvalue weighted by Crippen LogP contribution is -2.20. The Labute approximate surface area is 109 Å². The SMILES string of the molecule is Cc1cc(CNCCC2CCCO2)cc(C)c1F. The molecule has 1 aliphatic rings. The Kier molecular flexibility index (Phi) is 4.72. The zero-order valence-electron chi connectivity index (χ0n) is 11.3. The van der Waals surface area contributed by atoms with Crippen molar-refractivity contribution in [3.8, 4) is 0 Å². The summed E-state index contributed by atoms with van der Waals surface area (Å²) < 4.78 is 19.0. The van der Waals surface area contributed by atoms with Gasteiger partial charge in [0.1, 0.15) is 5.82 Å². The van der Waals surface area contributed by atoms with E-state index in [1.54, 1.807) is 0 Å². The van der Waals surface area contributed by atoms with Crippen LogP contribution in [0.25, 0.3) is 0 Å². The fourth-order valence-electron chi connectivity index (χ4n) is 2.51. The van der Waals surface area contributed by atoms with Gasteiger partial charge in [-0.3, -0.25) is 0 Å². The van der Waals surface area contributed by atoms with Crippen LogP contribution in [0.5, 0.6) is 0 Å². The van der Waals surface area contributed by atoms with E-state index in [0.29, 0.717) is 6.10 Å². The van der Waals surface area contributed by atoms with Crippen LogP contribution in [0.4, 0.5) is 4.39 Å². The van der Waals surface area contributed by atoms with E-state index >= 15 is 0 Å². The molecule has 1 atom stereocenters. The highest BCUT2D eigenvalue weighted by atomic mass is 19.1. The molecule has 2 nitrogen and oxygen atoms in total. The van der Waals surface area contributed by atoms with Gasteiger partial charge in [0.2, 0.25) is 0 Å². The molecule has 1 fully saturated rings. The second-order valence-electron chi connectivity index (χ2n) is 5.14. The van der Waals surface area contributed by atoms with Gasteiger partial charge in [0.05, 0.1) is 6.10 Å². The second-order valence-corrected chi connectivity index (χ2v) is 5.14. The number of rotatable bonds is 5. The minimum Gasteiger partial charge on any atom is -0.378 e. The van der Waals surface area contributed by atoms with Gasteiger partial charge in [0.15, 0.2) is 0 Å². The average Bonchev–Trinajstić information content (AvgIpc) is 2.84. The number of ether oxygens (including phenoxy) is 1. The fourth-order valence-corrected chi connectivity index (χ4v) is 2.51. The summed E-state index contributed by atoms with van der Waals surface area (Å²) in [5, 5.41) is 3.40. The molecule has 1 N–H and O–H groups in total. The largest absolute Gasteiger partial charge is 0.378 e. The van der Waals surface area contributed by atoms with Crippen molar-refractivity contribution in [2.24, 2.45) is 0 Å². The highest BCUT2D eigenvalue weighted by molar-refractivity contribution is 5.30. The van der Waals surface area contributed by atoms with Crippen molar-refractivity contribution in [1.82, 2.24) is 5.32 Å². The summed E-state index contributed by atoms with van der Waals surface area (Å²) in [6, 6.07) is 3.84. The first-order valence-electron chi connectivity index (χ1n) is 6.75. The zero-order valence-corrected chi connectivity index (χ0v) is 11.3. The number of aryl methyl sites for hydroxylation is 2. The van der Waals surface area contributed by atoms with Crippen LogP contribution in [0.2, 0.25) is 0 Å². The van der Waals surface area contributed by atoms with Crippen molar-refractivity contribution in [1.29, 1.82) is 0 Å². The van der Waals surface area contributed by atoms with E-state index in [-0.39, 0.29) is 5.82 Å². The van der Waals surface area contributed by atoms with Gasteiger partial charge in [-0.05, 0) is 56.3 Å². The minimum atomic E-state index is -0.0851. The third-order valence-electron chi connectivity index (χ3n) is 3.49. The molecule has 1 aliphatic heterocycles. The van der Waals surface area contributed by atoms with Crippen molar-refractivity contribution in [3.63, 3.8) is 0 Å². The van der Waals surface area contributed by atoms with Crippen LogP contribution in [0, 0.1) is 19.7 Å². The van der Waals surface area contributed by atoms with E-state index in [2.05, 4.69) is 5.32 Å². The van der Waals surface area contributed by atoms with Gasteiger partial charge in [-0.15, -0.1) is 0 Å². The lowest BCUT2D eigenvalue weighted by atomic mass is 10.1. The molecular formula is C15H22FNO. The quantitative estimate of drug-likeness (QED) is 0.812. The summed E-state index contributed by atoms with van der Waals surface area (Å²) in [5.41, 5.74) is 2.61. The summed E-state index contributed by atoms with van der Waals surface area (Å²) in [7, 11) is 0. The van der Waals surface area contributed by atoms with E-state index in [0.717, 1.165) is 42.8 Å². The molecule has 0 aliphatic carbocycles. The number of hydrogen-bond acceptors (Lipinski definition) is 2. The summed E-state index contributed by atoms with van der Waals surface area (Å²) in [6.45, 7) is 6.31. The van der Waals surface area contributed by atoms with Crippen LogP contribution in [0.1, 0.15) is 36.0 Å². The van der Waals surface area contributed by atoms with Crippen molar-refractivity contribution < 1.29 is 9.13 Å². The Morgan fingerprint density at radius 1 is 1.33 bits per heavy atom. The Bertz CT molecular complexity index is 376. The molecular weight excluding hydrogens is 229 g/mol. The first-order chi connectivity index (χ1) is 8.66. The maximum absolute atomic E-state index is 13.5. The third kappa shape index (κ3) is 3.53. The van der Waals surface area contributed by atoms with E-state index in [9.17, 15) is 4.39 Å². The molecule has 18 heavy (non-hydrogen) atoms. The molecule has 1 saturated heterocycles. The van der Waals surface area contributed by atoms with E-state index in [4.69, 9.17) is 4.74 Å². The summed E-state index contributed by atoms with van der Waals surface area (Å²) in [5.74, 6) is -0.0851. The molecule has 1 heterocycles. The van der Waals surface area contributed by atoms with Crippen LogP contribution >= 0.6 is 0 Å². The predicted molar refractivity (Wildman–Crippen MR) is 71.2 cm³/mol. The lowest BCUT2D eigenvalue weighted by molar-refractivity contribution is 0.104. The number of nitrogens with one attached hydrogen (secondary N) is 1. The van der Waals surface area contributed by atoms with Gasteiger partial charge in [0.25, 0.3) is 0 Å². The second kappa shape index (κ2) is 6.30.